The molecule has 5 heteroatoms. The van der Waals surface area contributed by atoms with E-state index < -0.39 is 0 Å². The molecule has 0 N–H and O–H groups in total. The van der Waals surface area contributed by atoms with E-state index in [0.717, 1.165) is 35.7 Å². The van der Waals surface area contributed by atoms with E-state index in [1.807, 2.05) is 19.9 Å². The highest BCUT2D eigenvalue weighted by Crippen LogP contribution is 2.23. The van der Waals surface area contributed by atoms with Crippen molar-refractivity contribution in [3.63, 3.8) is 0 Å². The maximum absolute atomic E-state index is 6.06. The Morgan fingerprint density at radius 3 is 2.70 bits per heavy atom. The molecule has 0 saturated carbocycles. The fourth-order valence-electron chi connectivity index (χ4n) is 1.84. The Kier molecular flexibility index (Phi) is 4.90. The summed E-state index contributed by atoms with van der Waals surface area (Å²) < 4.78 is 5.65. The molecule has 2 aromatic heterocycles. The minimum absolute atomic E-state index is 0.108. The zero-order valence-corrected chi connectivity index (χ0v) is 12.7. The van der Waals surface area contributed by atoms with Crippen LogP contribution in [0.3, 0.4) is 0 Å². The van der Waals surface area contributed by atoms with Crippen molar-refractivity contribution in [2.75, 3.05) is 0 Å². The predicted octanol–water partition coefficient (Wildman–Crippen LogP) is 3.93. The monoisotopic (exact) mass is 291 g/mol. The Morgan fingerprint density at radius 1 is 1.20 bits per heavy atom. The van der Waals surface area contributed by atoms with E-state index in [0.29, 0.717) is 5.15 Å². The summed E-state index contributed by atoms with van der Waals surface area (Å²) in [5, 5.41) is 0.452. The second-order valence-corrected chi connectivity index (χ2v) is 5.21. The Balaban J connectivity index is 2.35. The minimum Gasteiger partial charge on any atom is -0.489 e. The molecule has 4 nitrogen and oxygen atoms in total. The van der Waals surface area contributed by atoms with Gasteiger partial charge in [-0.1, -0.05) is 18.5 Å². The van der Waals surface area contributed by atoms with Crippen LogP contribution in [0.1, 0.15) is 33.0 Å². The van der Waals surface area contributed by atoms with Gasteiger partial charge >= 0.3 is 0 Å². The van der Waals surface area contributed by atoms with Crippen LogP contribution in [0.15, 0.2) is 24.5 Å². The summed E-state index contributed by atoms with van der Waals surface area (Å²) >= 11 is 6.06. The molecule has 2 aromatic rings. The molecular formula is C15H18ClN3O. The van der Waals surface area contributed by atoms with Crippen LogP contribution in [0.25, 0.3) is 11.3 Å². The molecule has 2 heterocycles. The van der Waals surface area contributed by atoms with Crippen LogP contribution in [0.5, 0.6) is 5.75 Å². The molecule has 0 spiro atoms. The number of pyridine rings is 1. The second kappa shape index (κ2) is 6.66. The molecule has 0 amide bonds. The third-order valence-electron chi connectivity index (χ3n) is 2.60. The van der Waals surface area contributed by atoms with Gasteiger partial charge in [-0.2, -0.15) is 0 Å². The lowest BCUT2D eigenvalue weighted by Gasteiger charge is -2.10. The average Bonchev–Trinajstić information content (AvgIpc) is 2.38. The molecular weight excluding hydrogens is 274 g/mol. The van der Waals surface area contributed by atoms with Gasteiger partial charge in [0.2, 0.25) is 0 Å². The Bertz CT molecular complexity index is 587. The van der Waals surface area contributed by atoms with Gasteiger partial charge in [0.15, 0.2) is 0 Å². The number of hydrogen-bond donors (Lipinski definition) is 0. The molecule has 0 unspecified atom stereocenters. The van der Waals surface area contributed by atoms with Gasteiger partial charge in [0.1, 0.15) is 16.7 Å². The number of nitrogens with zero attached hydrogens (tertiary/aromatic N) is 3. The quantitative estimate of drug-likeness (QED) is 0.783. The van der Waals surface area contributed by atoms with Crippen LogP contribution in [-0.2, 0) is 6.42 Å². The average molecular weight is 292 g/mol. The van der Waals surface area contributed by atoms with E-state index in [1.165, 1.54) is 0 Å². The summed E-state index contributed by atoms with van der Waals surface area (Å²) in [6.45, 7) is 6.05. The van der Waals surface area contributed by atoms with Crippen molar-refractivity contribution in [1.29, 1.82) is 0 Å². The molecule has 0 atom stereocenters. The van der Waals surface area contributed by atoms with Crippen LogP contribution >= 0.6 is 11.6 Å². The SMILES string of the molecule is CCCc1nc(Cl)cc(-c2cncc(OC(C)C)c2)n1. The summed E-state index contributed by atoms with van der Waals surface area (Å²) in [6, 6.07) is 3.66. The van der Waals surface area contributed by atoms with E-state index in [1.54, 1.807) is 18.5 Å². The standard InChI is InChI=1S/C15H18ClN3O/c1-4-5-15-18-13(7-14(16)19-15)11-6-12(9-17-8-11)20-10(2)3/h6-10H,4-5H2,1-3H3. The Morgan fingerprint density at radius 2 is 2.00 bits per heavy atom. The van der Waals surface area contributed by atoms with Crippen LogP contribution < -0.4 is 4.74 Å². The lowest BCUT2D eigenvalue weighted by Crippen LogP contribution is -2.06. The second-order valence-electron chi connectivity index (χ2n) is 4.82. The molecule has 0 aliphatic carbocycles. The zero-order chi connectivity index (χ0) is 14.5. The van der Waals surface area contributed by atoms with Crippen molar-refractivity contribution in [3.05, 3.63) is 35.5 Å². The predicted molar refractivity (Wildman–Crippen MR) is 80.0 cm³/mol. The highest BCUT2D eigenvalue weighted by Gasteiger charge is 2.07. The zero-order valence-electron chi connectivity index (χ0n) is 11.9. The Labute approximate surface area is 124 Å². The summed E-state index contributed by atoms with van der Waals surface area (Å²) in [5.41, 5.74) is 1.65. The van der Waals surface area contributed by atoms with Gasteiger partial charge in [-0.3, -0.25) is 4.98 Å². The van der Waals surface area contributed by atoms with E-state index >= 15 is 0 Å². The summed E-state index contributed by atoms with van der Waals surface area (Å²) in [7, 11) is 0. The van der Waals surface area contributed by atoms with Crippen LogP contribution in [0.4, 0.5) is 0 Å². The van der Waals surface area contributed by atoms with Gasteiger partial charge in [0, 0.05) is 24.2 Å². The fraction of sp³-hybridized carbons (Fsp3) is 0.400. The summed E-state index contributed by atoms with van der Waals surface area (Å²) in [5.74, 6) is 1.48. The number of halogens is 1. The minimum atomic E-state index is 0.108. The molecule has 2 rings (SSSR count). The number of ether oxygens (including phenoxy) is 1. The van der Waals surface area contributed by atoms with Gasteiger partial charge < -0.3 is 4.74 Å². The summed E-state index contributed by atoms with van der Waals surface area (Å²) in [6.07, 6.45) is 5.34. The van der Waals surface area contributed by atoms with Crippen molar-refractivity contribution in [3.8, 4) is 17.0 Å². The molecule has 0 aromatic carbocycles. The van der Waals surface area contributed by atoms with Crippen molar-refractivity contribution in [2.45, 2.75) is 39.7 Å². The smallest absolute Gasteiger partial charge is 0.138 e. The highest BCUT2D eigenvalue weighted by atomic mass is 35.5. The Hall–Kier alpha value is -1.68. The third-order valence-corrected chi connectivity index (χ3v) is 2.79. The van der Waals surface area contributed by atoms with Gasteiger partial charge in [-0.25, -0.2) is 9.97 Å². The first-order chi connectivity index (χ1) is 9.58. The first-order valence-corrected chi connectivity index (χ1v) is 7.12. The van der Waals surface area contributed by atoms with Crippen molar-refractivity contribution in [2.24, 2.45) is 0 Å². The van der Waals surface area contributed by atoms with Gasteiger partial charge in [-0.15, -0.1) is 0 Å². The molecule has 0 aliphatic heterocycles. The van der Waals surface area contributed by atoms with E-state index in [9.17, 15) is 0 Å². The van der Waals surface area contributed by atoms with Crippen LogP contribution in [0.2, 0.25) is 5.15 Å². The van der Waals surface area contributed by atoms with Gasteiger partial charge in [-0.05, 0) is 26.3 Å². The topological polar surface area (TPSA) is 47.9 Å². The number of aryl methyl sites for hydroxylation is 1. The maximum Gasteiger partial charge on any atom is 0.138 e. The normalized spacial score (nSPS) is 10.8. The summed E-state index contributed by atoms with van der Waals surface area (Å²) in [4.78, 5) is 12.9. The largest absolute Gasteiger partial charge is 0.489 e. The third kappa shape index (κ3) is 3.90. The first kappa shape index (κ1) is 14.7. The van der Waals surface area contributed by atoms with E-state index in [4.69, 9.17) is 16.3 Å². The molecule has 0 aliphatic rings. The lowest BCUT2D eigenvalue weighted by atomic mass is 10.2. The molecule has 0 bridgehead atoms. The molecule has 106 valence electrons. The van der Waals surface area contributed by atoms with E-state index in [2.05, 4.69) is 21.9 Å². The van der Waals surface area contributed by atoms with Gasteiger partial charge in [0.05, 0.1) is 18.0 Å². The van der Waals surface area contributed by atoms with Crippen molar-refractivity contribution < 1.29 is 4.74 Å². The van der Waals surface area contributed by atoms with Gasteiger partial charge in [0.25, 0.3) is 0 Å². The highest BCUT2D eigenvalue weighted by molar-refractivity contribution is 6.29. The van der Waals surface area contributed by atoms with Crippen LogP contribution in [-0.4, -0.2) is 21.1 Å². The van der Waals surface area contributed by atoms with Crippen LogP contribution in [0, 0.1) is 0 Å². The number of rotatable bonds is 5. The molecule has 0 radical (unpaired) electrons. The maximum atomic E-state index is 6.06. The number of aromatic nitrogens is 3. The molecule has 0 saturated heterocycles. The first-order valence-electron chi connectivity index (χ1n) is 6.74. The fourth-order valence-corrected chi connectivity index (χ4v) is 2.04. The molecule has 0 fully saturated rings. The lowest BCUT2D eigenvalue weighted by molar-refractivity contribution is 0.241. The number of hydrogen-bond acceptors (Lipinski definition) is 4. The van der Waals surface area contributed by atoms with Crippen molar-refractivity contribution >= 4 is 11.6 Å². The van der Waals surface area contributed by atoms with Crippen molar-refractivity contribution in [1.82, 2.24) is 15.0 Å². The molecule has 20 heavy (non-hydrogen) atoms. The van der Waals surface area contributed by atoms with E-state index in [-0.39, 0.29) is 6.10 Å².